The number of ether oxygens (including phenoxy) is 1. The second-order valence-corrected chi connectivity index (χ2v) is 12.8. The van der Waals surface area contributed by atoms with Gasteiger partial charge in [0, 0.05) is 33.7 Å². The van der Waals surface area contributed by atoms with Crippen LogP contribution in [0.2, 0.25) is 5.02 Å². The molecule has 0 N–H and O–H groups in total. The predicted molar refractivity (Wildman–Crippen MR) is 182 cm³/mol. The van der Waals surface area contributed by atoms with Gasteiger partial charge < -0.3 is 9.30 Å². The zero-order valence-electron chi connectivity index (χ0n) is 25.7. The lowest BCUT2D eigenvalue weighted by Crippen LogP contribution is -2.41. The first-order valence-electron chi connectivity index (χ1n) is 15.2. The third kappa shape index (κ3) is 5.44. The molecule has 7 rings (SSSR count). The van der Waals surface area contributed by atoms with E-state index in [4.69, 9.17) is 16.3 Å². The van der Waals surface area contributed by atoms with Crippen molar-refractivity contribution in [3.63, 3.8) is 0 Å². The molecule has 11 heteroatoms. The summed E-state index contributed by atoms with van der Waals surface area (Å²) in [6.07, 6.45) is -3.28. The highest BCUT2D eigenvalue weighted by molar-refractivity contribution is 7.07. The van der Waals surface area contributed by atoms with Crippen molar-refractivity contribution in [2.45, 2.75) is 32.6 Å². The molecule has 1 atom stereocenters. The minimum Gasteiger partial charge on any atom is -0.463 e. The molecule has 6 nitrogen and oxygen atoms in total. The van der Waals surface area contributed by atoms with Crippen LogP contribution in [0, 0.1) is 6.92 Å². The fourth-order valence-corrected chi connectivity index (χ4v) is 7.49. The number of hydrogen-bond donors (Lipinski definition) is 0. The number of fused-ring (bicyclic) bond motifs is 3. The van der Waals surface area contributed by atoms with Crippen LogP contribution < -0.4 is 14.9 Å². The first kappa shape index (κ1) is 31.7. The zero-order valence-corrected chi connectivity index (χ0v) is 27.3. The van der Waals surface area contributed by atoms with Gasteiger partial charge in [-0.3, -0.25) is 9.36 Å². The van der Waals surface area contributed by atoms with Crippen molar-refractivity contribution in [1.29, 1.82) is 0 Å². The highest BCUT2D eigenvalue weighted by Gasteiger charge is 2.45. The van der Waals surface area contributed by atoms with Gasteiger partial charge in [0.1, 0.15) is 0 Å². The maximum atomic E-state index is 14.5. The van der Waals surface area contributed by atoms with Crippen molar-refractivity contribution in [1.82, 2.24) is 9.13 Å². The fraction of sp³-hybridized carbons (Fsp3) is 0.162. The van der Waals surface area contributed by atoms with Gasteiger partial charge in [-0.1, -0.05) is 95.7 Å². The average molecular weight is 686 g/mol. The lowest BCUT2D eigenvalue weighted by molar-refractivity contribution is -0.140. The average Bonchev–Trinajstić information content (AvgIpc) is 3.53. The van der Waals surface area contributed by atoms with Crippen LogP contribution in [0.1, 0.15) is 35.3 Å². The maximum absolute atomic E-state index is 14.5. The van der Waals surface area contributed by atoms with Gasteiger partial charge in [-0.25, -0.2) is 9.79 Å². The summed E-state index contributed by atoms with van der Waals surface area (Å²) in [6.45, 7) is 3.87. The quantitative estimate of drug-likeness (QED) is 0.171. The van der Waals surface area contributed by atoms with Crippen LogP contribution in [0.25, 0.3) is 27.8 Å². The number of para-hydroxylation sites is 1. The molecule has 0 saturated heterocycles. The first-order valence-corrected chi connectivity index (χ1v) is 16.4. The van der Waals surface area contributed by atoms with E-state index < -0.39 is 35.0 Å². The summed E-state index contributed by atoms with van der Waals surface area (Å²) >= 11 is 6.94. The molecule has 0 aliphatic carbocycles. The predicted octanol–water partition coefficient (Wildman–Crippen LogP) is 7.46. The highest BCUT2D eigenvalue weighted by Crippen LogP contribution is 2.38. The van der Waals surface area contributed by atoms with Gasteiger partial charge in [0.15, 0.2) is 10.5 Å². The van der Waals surface area contributed by atoms with Gasteiger partial charge in [-0.2, -0.15) is 13.2 Å². The molecule has 0 spiro atoms. The summed E-state index contributed by atoms with van der Waals surface area (Å²) in [5.41, 5.74) is 1.25. The molecular weight excluding hydrogens is 659 g/mol. The number of thiazole rings is 1. The summed E-state index contributed by atoms with van der Waals surface area (Å²) in [5.74, 6) is -1.20. The maximum Gasteiger partial charge on any atom is 0.434 e. The number of halogens is 4. The summed E-state index contributed by atoms with van der Waals surface area (Å²) < 4.78 is 52.2. The van der Waals surface area contributed by atoms with E-state index in [1.807, 2.05) is 49.4 Å². The Morgan fingerprint density at radius 3 is 2.40 bits per heavy atom. The molecule has 48 heavy (non-hydrogen) atoms. The number of aromatic nitrogens is 2. The van der Waals surface area contributed by atoms with Gasteiger partial charge in [-0.15, -0.1) is 0 Å². The van der Waals surface area contributed by atoms with E-state index in [0.29, 0.717) is 11.6 Å². The molecular formula is C37H27ClF3N3O3S. The van der Waals surface area contributed by atoms with Gasteiger partial charge in [0.2, 0.25) is 0 Å². The third-order valence-corrected chi connectivity index (χ3v) is 9.78. The van der Waals surface area contributed by atoms with Crippen molar-refractivity contribution in [3.8, 4) is 0 Å². The second-order valence-electron chi connectivity index (χ2n) is 11.4. The Morgan fingerprint density at radius 1 is 0.979 bits per heavy atom. The van der Waals surface area contributed by atoms with Gasteiger partial charge in [0.25, 0.3) is 5.56 Å². The van der Waals surface area contributed by atoms with Crippen LogP contribution >= 0.6 is 22.9 Å². The van der Waals surface area contributed by atoms with Crippen LogP contribution in [-0.2, 0) is 16.1 Å². The largest absolute Gasteiger partial charge is 0.463 e. The second kappa shape index (κ2) is 12.3. The van der Waals surface area contributed by atoms with Gasteiger partial charge in [0.05, 0.1) is 22.8 Å². The molecule has 3 heterocycles. The van der Waals surface area contributed by atoms with Crippen LogP contribution in [0.5, 0.6) is 0 Å². The van der Waals surface area contributed by atoms with Crippen LogP contribution in [0.4, 0.5) is 13.2 Å². The molecule has 0 bridgehead atoms. The van der Waals surface area contributed by atoms with Crippen LogP contribution in [-0.4, -0.2) is 27.9 Å². The summed E-state index contributed by atoms with van der Waals surface area (Å²) in [7, 11) is 0. The number of benzene rings is 4. The van der Waals surface area contributed by atoms with Crippen molar-refractivity contribution < 1.29 is 22.7 Å². The monoisotopic (exact) mass is 685 g/mol. The van der Waals surface area contributed by atoms with Gasteiger partial charge >= 0.3 is 12.1 Å². The summed E-state index contributed by atoms with van der Waals surface area (Å²) in [4.78, 5) is 31.1. The Hall–Kier alpha value is -4.93. The minimum atomic E-state index is -4.99. The Morgan fingerprint density at radius 2 is 1.67 bits per heavy atom. The van der Waals surface area contributed by atoms with Crippen molar-refractivity contribution in [3.05, 3.63) is 149 Å². The van der Waals surface area contributed by atoms with E-state index in [0.717, 1.165) is 54.4 Å². The third-order valence-electron chi connectivity index (χ3n) is 8.54. The Bertz CT molecular complexity index is 2450. The molecule has 242 valence electrons. The molecule has 4 aromatic carbocycles. The number of rotatable bonds is 6. The number of esters is 1. The van der Waals surface area contributed by atoms with Crippen molar-refractivity contribution in [2.24, 2.45) is 4.99 Å². The van der Waals surface area contributed by atoms with E-state index in [1.165, 1.54) is 31.2 Å². The number of hydrogen-bond acceptors (Lipinski definition) is 5. The van der Waals surface area contributed by atoms with Crippen LogP contribution in [0.15, 0.2) is 112 Å². The van der Waals surface area contributed by atoms with E-state index in [9.17, 15) is 22.8 Å². The smallest absolute Gasteiger partial charge is 0.434 e. The standard InChI is InChI=1S/C37H27ClF3N3O3S/c1-3-47-35(46)31-32(23-15-17-25(38)18-16-23)44-34(45)30(48-36(44)42-33(31)37(39,40)41)19-28-21(2)43(29-14-7-6-13-27(28)29)20-24-11-8-10-22-9-4-5-12-26(22)24/h4-19,32H,3,20H2,1-2H3/b30-19-/t32-/m0/s1. The Balaban J connectivity index is 1.45. The zero-order chi connectivity index (χ0) is 33.7. The molecule has 0 radical (unpaired) electrons. The fourth-order valence-electron chi connectivity index (χ4n) is 6.38. The molecule has 0 fully saturated rings. The van der Waals surface area contributed by atoms with E-state index in [1.54, 1.807) is 6.08 Å². The van der Waals surface area contributed by atoms with E-state index >= 15 is 0 Å². The van der Waals surface area contributed by atoms with Crippen molar-refractivity contribution >= 4 is 56.7 Å². The highest BCUT2D eigenvalue weighted by atomic mass is 35.5. The lowest BCUT2D eigenvalue weighted by Gasteiger charge is -2.26. The van der Waals surface area contributed by atoms with Gasteiger partial charge in [-0.05, 0) is 60.0 Å². The van der Waals surface area contributed by atoms with Crippen molar-refractivity contribution in [2.75, 3.05) is 6.61 Å². The van der Waals surface area contributed by atoms with E-state index in [2.05, 4.69) is 33.8 Å². The molecule has 0 unspecified atom stereocenters. The number of nitrogens with zero attached hydrogens (tertiary/aromatic N) is 3. The first-order chi connectivity index (χ1) is 23.1. The number of alkyl halides is 3. The van der Waals surface area contributed by atoms with Crippen LogP contribution in [0.3, 0.4) is 0 Å². The Kier molecular flexibility index (Phi) is 8.09. The molecule has 1 aliphatic rings. The van der Waals surface area contributed by atoms with E-state index in [-0.39, 0.29) is 21.5 Å². The SMILES string of the molecule is CCOC(=O)C1=C(C(F)(F)F)N=c2s/c(=C\c3c(C)n(Cc4cccc5ccccc45)c4ccccc34)c(=O)n2[C@H]1c1ccc(Cl)cc1. The molecule has 1 aliphatic heterocycles. The minimum absolute atomic E-state index is 0.159. The molecule has 0 saturated carbocycles. The molecule has 2 aromatic heterocycles. The lowest BCUT2D eigenvalue weighted by atomic mass is 9.95. The molecule has 6 aromatic rings. The number of allylic oxidation sites excluding steroid dienone is 1. The number of carbonyl (C=O) groups is 1. The number of carbonyl (C=O) groups excluding carboxylic acids is 1. The normalized spacial score (nSPS) is 15.2. The topological polar surface area (TPSA) is 65.6 Å². The summed E-state index contributed by atoms with van der Waals surface area (Å²) in [6, 6.07) is 26.7. The summed E-state index contributed by atoms with van der Waals surface area (Å²) in [5, 5.41) is 3.49. The Labute approximate surface area is 281 Å². The molecule has 0 amide bonds.